The van der Waals surface area contributed by atoms with Crippen molar-refractivity contribution in [3.05, 3.63) is 60.2 Å². The van der Waals surface area contributed by atoms with Gasteiger partial charge in [-0.1, -0.05) is 30.0 Å². The summed E-state index contributed by atoms with van der Waals surface area (Å²) in [5.41, 5.74) is 2.43. The molecule has 7 nitrogen and oxygen atoms in total. The van der Waals surface area contributed by atoms with Gasteiger partial charge in [0, 0.05) is 42.3 Å². The molecule has 0 unspecified atom stereocenters. The smallest absolute Gasteiger partial charge is 0.328 e. The van der Waals surface area contributed by atoms with E-state index in [1.54, 1.807) is 17.8 Å². The topological polar surface area (TPSA) is 98.1 Å². The van der Waals surface area contributed by atoms with Crippen molar-refractivity contribution < 1.29 is 32.8 Å². The summed E-state index contributed by atoms with van der Waals surface area (Å²) in [6, 6.07) is 13.4. The van der Waals surface area contributed by atoms with Gasteiger partial charge in [0.1, 0.15) is 0 Å². The third kappa shape index (κ3) is 7.27. The zero-order valence-electron chi connectivity index (χ0n) is 22.7. The summed E-state index contributed by atoms with van der Waals surface area (Å²) < 4.78 is 45.1. The van der Waals surface area contributed by atoms with Crippen LogP contribution in [0.25, 0.3) is 0 Å². The van der Waals surface area contributed by atoms with E-state index in [1.165, 1.54) is 6.92 Å². The summed E-state index contributed by atoms with van der Waals surface area (Å²) in [6.07, 6.45) is 1.45. The molecule has 8 heteroatoms. The molecule has 0 radical (unpaired) electrons. The average Bonchev–Trinajstić information content (AvgIpc) is 2.78. The minimum Gasteiger partial charge on any atom is -0.478 e. The third-order valence-corrected chi connectivity index (χ3v) is 5.29. The third-order valence-electron chi connectivity index (χ3n) is 4.16. The van der Waals surface area contributed by atoms with E-state index in [0.29, 0.717) is 35.6 Å². The number of fused-ring (bicyclic) bond motifs is 2. The number of rotatable bonds is 7. The van der Waals surface area contributed by atoms with Gasteiger partial charge in [0.15, 0.2) is 5.78 Å². The molecule has 1 aliphatic heterocycles. The van der Waals surface area contributed by atoms with Crippen LogP contribution in [0.2, 0.25) is 0 Å². The van der Waals surface area contributed by atoms with Crippen molar-refractivity contribution in [3.63, 3.8) is 0 Å². The van der Waals surface area contributed by atoms with Crippen molar-refractivity contribution >= 4 is 40.9 Å². The molecule has 1 aliphatic rings. The van der Waals surface area contributed by atoms with Crippen molar-refractivity contribution in [1.82, 2.24) is 4.90 Å². The lowest BCUT2D eigenvalue weighted by molar-refractivity contribution is -0.134. The maximum atomic E-state index is 11.9. The molecule has 3 rings (SSSR count). The van der Waals surface area contributed by atoms with Crippen molar-refractivity contribution in [3.8, 4) is 0 Å². The lowest BCUT2D eigenvalue weighted by Crippen LogP contribution is -2.25. The molecule has 0 saturated heterocycles. The molecule has 0 aliphatic carbocycles. The second-order valence-electron chi connectivity index (χ2n) is 6.48. The Hall–Kier alpha value is -3.10. The van der Waals surface area contributed by atoms with Gasteiger partial charge in [-0.25, -0.2) is 9.59 Å². The predicted octanol–water partition coefficient (Wildman–Crippen LogP) is 4.16. The van der Waals surface area contributed by atoms with Crippen LogP contribution in [0, 0.1) is 0 Å². The maximum Gasteiger partial charge on any atom is 0.328 e. The molecular formula is C23H26N2O5S. The van der Waals surface area contributed by atoms with Gasteiger partial charge in [-0.2, -0.15) is 0 Å². The maximum absolute atomic E-state index is 11.9. The Morgan fingerprint density at radius 2 is 1.68 bits per heavy atom. The van der Waals surface area contributed by atoms with Crippen molar-refractivity contribution in [2.24, 2.45) is 0 Å². The zero-order valence-corrected chi connectivity index (χ0v) is 17.6. The highest BCUT2D eigenvalue weighted by atomic mass is 32.2. The van der Waals surface area contributed by atoms with E-state index in [0.717, 1.165) is 21.2 Å². The highest BCUT2D eigenvalue weighted by molar-refractivity contribution is 7.99. The summed E-state index contributed by atoms with van der Waals surface area (Å²) in [4.78, 5) is 35.6. The number of Topliss-reactive ketones (excluding diaryl/α,β-unsaturated/α-hetero) is 1. The van der Waals surface area contributed by atoms with Crippen molar-refractivity contribution in [2.45, 2.75) is 23.1 Å². The molecule has 31 heavy (non-hydrogen) atoms. The Morgan fingerprint density at radius 1 is 1.03 bits per heavy atom. The Morgan fingerprint density at radius 3 is 2.29 bits per heavy atom. The summed E-state index contributed by atoms with van der Waals surface area (Å²) in [6.45, 7) is -3.54. The molecule has 0 spiro atoms. The number of carbonyl (C=O) groups is 3. The van der Waals surface area contributed by atoms with E-state index in [2.05, 4.69) is 0 Å². The lowest BCUT2D eigenvalue weighted by Gasteiger charge is -2.33. The van der Waals surface area contributed by atoms with Gasteiger partial charge in [-0.15, -0.1) is 0 Å². The van der Waals surface area contributed by atoms with Crippen LogP contribution < -0.4 is 4.90 Å². The molecule has 0 aromatic heterocycles. The minimum absolute atomic E-state index is 0.0346. The van der Waals surface area contributed by atoms with E-state index in [4.69, 9.17) is 18.4 Å². The first-order chi connectivity index (χ1) is 17.1. The fourth-order valence-electron chi connectivity index (χ4n) is 2.82. The van der Waals surface area contributed by atoms with Gasteiger partial charge in [0.25, 0.3) is 0 Å². The van der Waals surface area contributed by atoms with E-state index < -0.39 is 25.9 Å². The fourth-order valence-corrected chi connectivity index (χ4v) is 3.89. The molecule has 0 atom stereocenters. The molecule has 2 N–H and O–H groups in total. The number of hydrogen-bond donors (Lipinski definition) is 2. The Kier molecular flexibility index (Phi) is 6.06. The number of ketones is 1. The first kappa shape index (κ1) is 16.6. The Bertz CT molecular complexity index is 1150. The highest BCUT2D eigenvalue weighted by Gasteiger charge is 2.23. The molecule has 164 valence electrons. The van der Waals surface area contributed by atoms with E-state index in [1.807, 2.05) is 41.3 Å². The number of carboxylic acids is 2. The quantitative estimate of drug-likeness (QED) is 0.481. The number of para-hydroxylation sites is 1. The summed E-state index contributed by atoms with van der Waals surface area (Å²) >= 11 is 1.61. The molecule has 0 amide bonds. The summed E-state index contributed by atoms with van der Waals surface area (Å²) in [5.74, 6) is -2.55. The summed E-state index contributed by atoms with van der Waals surface area (Å²) in [7, 11) is 0. The van der Waals surface area contributed by atoms with E-state index in [9.17, 15) is 14.4 Å². The standard InChI is InChI=1S/C19H22N2OS.C4H4O4/c1-14(22)15-9-10-19-17(13-15)21(12-6-11-20(2)3)16-7-4-5-8-18(16)23-19;5-3(6)1-2-4(7)8/h4-5,7-10,13H,6,11-12H2,1-3H3;1-2H,(H,5,6)(H,7,8)/b;2-1-/i2D3,3D3;. The Balaban J connectivity index is 0.000000521. The number of anilines is 2. The fraction of sp³-hybridized carbons (Fsp3) is 0.261. The van der Waals surface area contributed by atoms with Gasteiger partial charge in [-0.05, 0) is 58.1 Å². The monoisotopic (exact) mass is 448 g/mol. The van der Waals surface area contributed by atoms with E-state index >= 15 is 0 Å². The number of carbonyl (C=O) groups excluding carboxylic acids is 1. The van der Waals surface area contributed by atoms with Crippen LogP contribution in [0.1, 0.15) is 31.9 Å². The molecule has 0 bridgehead atoms. The van der Waals surface area contributed by atoms with Crippen LogP contribution in [0.3, 0.4) is 0 Å². The van der Waals surface area contributed by atoms with Gasteiger partial charge in [0.2, 0.25) is 0 Å². The van der Waals surface area contributed by atoms with Gasteiger partial charge in [0.05, 0.1) is 11.4 Å². The number of aliphatic carboxylic acids is 2. The van der Waals surface area contributed by atoms with Gasteiger partial charge >= 0.3 is 11.9 Å². The van der Waals surface area contributed by atoms with Crippen LogP contribution in [0.4, 0.5) is 11.4 Å². The normalized spacial score (nSPS) is 15.7. The number of carboxylic acid groups (broad SMARTS) is 2. The minimum atomic E-state index is -2.69. The highest BCUT2D eigenvalue weighted by Crippen LogP contribution is 2.48. The molecule has 0 saturated carbocycles. The number of hydrogen-bond acceptors (Lipinski definition) is 6. The first-order valence-electron chi connectivity index (χ1n) is 12.2. The lowest BCUT2D eigenvalue weighted by atomic mass is 10.1. The zero-order chi connectivity index (χ0) is 28.0. The van der Waals surface area contributed by atoms with Crippen LogP contribution in [0.5, 0.6) is 0 Å². The molecule has 2 aromatic carbocycles. The van der Waals surface area contributed by atoms with E-state index in [-0.39, 0.29) is 12.3 Å². The number of benzene rings is 2. The van der Waals surface area contributed by atoms with Gasteiger partial charge in [-0.3, -0.25) is 4.79 Å². The largest absolute Gasteiger partial charge is 0.478 e. The van der Waals surface area contributed by atoms with Crippen LogP contribution in [0.15, 0.2) is 64.4 Å². The van der Waals surface area contributed by atoms with Crippen LogP contribution in [-0.4, -0.2) is 59.9 Å². The van der Waals surface area contributed by atoms with Crippen molar-refractivity contribution in [1.29, 1.82) is 0 Å². The van der Waals surface area contributed by atoms with Crippen molar-refractivity contribution in [2.75, 3.05) is 31.9 Å². The van der Waals surface area contributed by atoms with Gasteiger partial charge < -0.3 is 20.0 Å². The summed E-state index contributed by atoms with van der Waals surface area (Å²) in [5, 5.41) is 15.6. The van der Waals surface area contributed by atoms with Crippen LogP contribution >= 0.6 is 11.8 Å². The second kappa shape index (κ2) is 11.3. The predicted molar refractivity (Wildman–Crippen MR) is 122 cm³/mol. The molecular weight excluding hydrogens is 416 g/mol. The molecule has 2 aromatic rings. The van der Waals surface area contributed by atoms with Crippen LogP contribution in [-0.2, 0) is 9.59 Å². The number of nitrogens with zero attached hydrogens (tertiary/aromatic N) is 2. The second-order valence-corrected chi connectivity index (χ2v) is 7.56. The SMILES string of the molecule is O=C(O)/C=C\C(=O)O.[2H]C([2H])([2H])N(CCCN1c2ccccc2Sc2ccc(C(C)=O)cc21)C([2H])([2H])[2H]. The Labute approximate surface area is 194 Å². The molecule has 0 fully saturated rings. The molecule has 1 heterocycles. The first-order valence-corrected chi connectivity index (χ1v) is 10.0. The average molecular weight is 449 g/mol.